The predicted octanol–water partition coefficient (Wildman–Crippen LogP) is 4.16. The van der Waals surface area contributed by atoms with Crippen LogP contribution in [0.1, 0.15) is 43.7 Å². The van der Waals surface area contributed by atoms with Crippen LogP contribution in [0.15, 0.2) is 18.2 Å². The second-order valence-corrected chi connectivity index (χ2v) is 4.52. The fraction of sp³-hybridized carbons (Fsp3) is 0.538. The van der Waals surface area contributed by atoms with Gasteiger partial charge in [0, 0.05) is 5.88 Å². The molecule has 0 saturated heterocycles. The SMILES string of the molecule is COc1ccc(C(C)CCl)cc1C(C)C. The number of ether oxygens (including phenoxy) is 1. The average Bonchev–Trinajstić information content (AvgIpc) is 2.27. The van der Waals surface area contributed by atoms with Crippen molar-refractivity contribution >= 4 is 11.6 Å². The molecule has 0 saturated carbocycles. The zero-order valence-corrected chi connectivity index (χ0v) is 10.6. The molecule has 1 nitrogen and oxygen atoms in total. The van der Waals surface area contributed by atoms with Crippen LogP contribution in [0.5, 0.6) is 5.75 Å². The van der Waals surface area contributed by atoms with Gasteiger partial charge in [-0.1, -0.05) is 32.9 Å². The number of hydrogen-bond donors (Lipinski definition) is 0. The molecule has 1 aromatic carbocycles. The summed E-state index contributed by atoms with van der Waals surface area (Å²) >= 11 is 5.86. The first kappa shape index (κ1) is 12.4. The van der Waals surface area contributed by atoms with Gasteiger partial charge in [-0.2, -0.15) is 0 Å². The Morgan fingerprint density at radius 2 is 1.93 bits per heavy atom. The molecule has 2 heteroatoms. The fourth-order valence-corrected chi connectivity index (χ4v) is 1.78. The molecule has 0 fully saturated rings. The van der Waals surface area contributed by atoms with Gasteiger partial charge in [-0.15, -0.1) is 11.6 Å². The topological polar surface area (TPSA) is 9.23 Å². The third-order valence-corrected chi connectivity index (χ3v) is 3.14. The summed E-state index contributed by atoms with van der Waals surface area (Å²) in [6, 6.07) is 6.34. The quantitative estimate of drug-likeness (QED) is 0.701. The van der Waals surface area contributed by atoms with E-state index < -0.39 is 0 Å². The molecule has 0 bridgehead atoms. The lowest BCUT2D eigenvalue weighted by Gasteiger charge is -2.15. The summed E-state index contributed by atoms with van der Waals surface area (Å²) in [4.78, 5) is 0. The highest BCUT2D eigenvalue weighted by Gasteiger charge is 2.11. The van der Waals surface area contributed by atoms with Gasteiger partial charge < -0.3 is 4.74 Å². The largest absolute Gasteiger partial charge is 0.496 e. The van der Waals surface area contributed by atoms with Gasteiger partial charge in [0.1, 0.15) is 5.75 Å². The average molecular weight is 227 g/mol. The van der Waals surface area contributed by atoms with Gasteiger partial charge in [-0.05, 0) is 29.0 Å². The number of benzene rings is 1. The van der Waals surface area contributed by atoms with E-state index in [1.807, 2.05) is 6.07 Å². The maximum absolute atomic E-state index is 5.86. The molecular formula is C13H19ClO. The maximum atomic E-state index is 5.86. The smallest absolute Gasteiger partial charge is 0.122 e. The van der Waals surface area contributed by atoms with Gasteiger partial charge in [0.2, 0.25) is 0 Å². The summed E-state index contributed by atoms with van der Waals surface area (Å²) in [6.45, 7) is 6.49. The highest BCUT2D eigenvalue weighted by Crippen LogP contribution is 2.30. The Bertz CT molecular complexity index is 320. The van der Waals surface area contributed by atoms with E-state index in [9.17, 15) is 0 Å². The minimum absolute atomic E-state index is 0.398. The normalized spacial score (nSPS) is 12.9. The predicted molar refractivity (Wildman–Crippen MR) is 66.2 cm³/mol. The van der Waals surface area contributed by atoms with E-state index in [1.165, 1.54) is 11.1 Å². The van der Waals surface area contributed by atoms with E-state index >= 15 is 0 Å². The molecule has 0 aromatic heterocycles. The van der Waals surface area contributed by atoms with Crippen molar-refractivity contribution < 1.29 is 4.74 Å². The molecule has 1 rings (SSSR count). The van der Waals surface area contributed by atoms with E-state index in [0.717, 1.165) is 5.75 Å². The molecule has 1 aromatic rings. The molecule has 15 heavy (non-hydrogen) atoms. The van der Waals surface area contributed by atoms with Crippen molar-refractivity contribution in [1.29, 1.82) is 0 Å². The second-order valence-electron chi connectivity index (χ2n) is 4.21. The third-order valence-electron chi connectivity index (χ3n) is 2.68. The summed E-state index contributed by atoms with van der Waals surface area (Å²) in [6.07, 6.45) is 0. The molecule has 84 valence electrons. The van der Waals surface area contributed by atoms with Gasteiger partial charge in [-0.3, -0.25) is 0 Å². The van der Waals surface area contributed by atoms with Crippen LogP contribution in [-0.2, 0) is 0 Å². The van der Waals surface area contributed by atoms with Crippen molar-refractivity contribution in [1.82, 2.24) is 0 Å². The summed E-state index contributed by atoms with van der Waals surface area (Å²) in [5.74, 6) is 2.50. The number of rotatable bonds is 4. The Balaban J connectivity index is 3.10. The highest BCUT2D eigenvalue weighted by molar-refractivity contribution is 6.18. The van der Waals surface area contributed by atoms with E-state index in [4.69, 9.17) is 16.3 Å². The van der Waals surface area contributed by atoms with Gasteiger partial charge in [-0.25, -0.2) is 0 Å². The Hall–Kier alpha value is -0.690. The zero-order valence-electron chi connectivity index (χ0n) is 9.88. The van der Waals surface area contributed by atoms with Crippen molar-refractivity contribution in [2.75, 3.05) is 13.0 Å². The number of methoxy groups -OCH3 is 1. The van der Waals surface area contributed by atoms with Gasteiger partial charge in [0.15, 0.2) is 0 Å². The minimum Gasteiger partial charge on any atom is -0.496 e. The summed E-state index contributed by atoms with van der Waals surface area (Å²) in [5, 5.41) is 0. The first-order chi connectivity index (χ1) is 7.10. The third kappa shape index (κ3) is 2.88. The van der Waals surface area contributed by atoms with Crippen molar-refractivity contribution in [3.05, 3.63) is 29.3 Å². The van der Waals surface area contributed by atoms with Crippen LogP contribution >= 0.6 is 11.6 Å². The Morgan fingerprint density at radius 3 is 2.40 bits per heavy atom. The summed E-state index contributed by atoms with van der Waals surface area (Å²) < 4.78 is 5.34. The first-order valence-electron chi connectivity index (χ1n) is 5.34. The van der Waals surface area contributed by atoms with E-state index in [2.05, 4.69) is 32.9 Å². The monoisotopic (exact) mass is 226 g/mol. The second kappa shape index (κ2) is 5.41. The first-order valence-corrected chi connectivity index (χ1v) is 5.87. The highest BCUT2D eigenvalue weighted by atomic mass is 35.5. The Labute approximate surface area is 97.4 Å². The van der Waals surface area contributed by atoms with Crippen LogP contribution in [0, 0.1) is 0 Å². The standard InChI is InChI=1S/C13H19ClO/c1-9(2)12-7-11(10(3)8-14)5-6-13(12)15-4/h5-7,9-10H,8H2,1-4H3. The maximum Gasteiger partial charge on any atom is 0.122 e. The lowest BCUT2D eigenvalue weighted by atomic mass is 9.95. The lowest BCUT2D eigenvalue weighted by molar-refractivity contribution is 0.407. The van der Waals surface area contributed by atoms with Crippen molar-refractivity contribution in [2.45, 2.75) is 32.6 Å². The van der Waals surface area contributed by atoms with Crippen LogP contribution in [0.3, 0.4) is 0 Å². The molecule has 0 aliphatic rings. The Morgan fingerprint density at radius 1 is 1.27 bits per heavy atom. The van der Waals surface area contributed by atoms with E-state index in [-0.39, 0.29) is 0 Å². The fourth-order valence-electron chi connectivity index (χ4n) is 1.60. The minimum atomic E-state index is 0.398. The number of halogens is 1. The van der Waals surface area contributed by atoms with Crippen molar-refractivity contribution in [2.24, 2.45) is 0 Å². The molecule has 0 amide bonds. The van der Waals surface area contributed by atoms with Crippen LogP contribution in [0.4, 0.5) is 0 Å². The Kier molecular flexibility index (Phi) is 4.46. The van der Waals surface area contributed by atoms with Gasteiger partial charge in [0.25, 0.3) is 0 Å². The van der Waals surface area contributed by atoms with Gasteiger partial charge in [0.05, 0.1) is 7.11 Å². The van der Waals surface area contributed by atoms with Crippen LogP contribution in [-0.4, -0.2) is 13.0 Å². The number of alkyl halides is 1. The molecule has 0 radical (unpaired) electrons. The van der Waals surface area contributed by atoms with Crippen LogP contribution < -0.4 is 4.74 Å². The molecule has 0 aliphatic carbocycles. The van der Waals surface area contributed by atoms with Crippen molar-refractivity contribution in [3.8, 4) is 5.75 Å². The van der Waals surface area contributed by atoms with Crippen LogP contribution in [0.25, 0.3) is 0 Å². The van der Waals surface area contributed by atoms with Crippen LogP contribution in [0.2, 0.25) is 0 Å². The number of hydrogen-bond acceptors (Lipinski definition) is 1. The molecule has 0 spiro atoms. The van der Waals surface area contributed by atoms with Crippen molar-refractivity contribution in [3.63, 3.8) is 0 Å². The lowest BCUT2D eigenvalue weighted by Crippen LogP contribution is -1.99. The van der Waals surface area contributed by atoms with Gasteiger partial charge >= 0.3 is 0 Å². The zero-order chi connectivity index (χ0) is 11.4. The van der Waals surface area contributed by atoms with E-state index in [0.29, 0.717) is 17.7 Å². The molecule has 0 heterocycles. The molecule has 1 unspecified atom stereocenters. The molecule has 0 N–H and O–H groups in total. The molecule has 0 aliphatic heterocycles. The summed E-state index contributed by atoms with van der Waals surface area (Å²) in [5.41, 5.74) is 2.54. The molecule has 1 atom stereocenters. The summed E-state index contributed by atoms with van der Waals surface area (Å²) in [7, 11) is 1.71. The molecular weight excluding hydrogens is 208 g/mol. The van der Waals surface area contributed by atoms with E-state index in [1.54, 1.807) is 7.11 Å².